The van der Waals surface area contributed by atoms with Crippen molar-refractivity contribution >= 4 is 23.2 Å². The van der Waals surface area contributed by atoms with Gasteiger partial charge in [0.2, 0.25) is 5.91 Å². The van der Waals surface area contributed by atoms with Gasteiger partial charge < -0.3 is 15.0 Å². The number of nitrogens with one attached hydrogen (secondary N) is 1. The monoisotopic (exact) mass is 262 g/mol. The number of hydrogen-bond acceptors (Lipinski definition) is 3. The maximum atomic E-state index is 11.8. The van der Waals surface area contributed by atoms with Gasteiger partial charge in [-0.2, -0.15) is 0 Å². The summed E-state index contributed by atoms with van der Waals surface area (Å²) < 4.78 is 5.55. The van der Waals surface area contributed by atoms with Crippen LogP contribution in [0.25, 0.3) is 0 Å². The molecule has 1 aromatic rings. The van der Waals surface area contributed by atoms with Crippen molar-refractivity contribution in [2.75, 3.05) is 17.3 Å². The fourth-order valence-electron chi connectivity index (χ4n) is 2.05. The first-order valence-corrected chi connectivity index (χ1v) is 6.41. The first-order valence-electron chi connectivity index (χ1n) is 6.41. The molecule has 1 aromatic carbocycles. The van der Waals surface area contributed by atoms with Gasteiger partial charge in [0.15, 0.2) is 6.10 Å². The molecule has 0 fully saturated rings. The zero-order valence-electron chi connectivity index (χ0n) is 11.4. The number of hydrogen-bond donors (Lipinski definition) is 1. The Morgan fingerprint density at radius 3 is 2.89 bits per heavy atom. The Hall–Kier alpha value is -2.04. The number of likely N-dealkylation sites (N-methyl/N-ethyl adjacent to an activating group) is 1. The van der Waals surface area contributed by atoms with Crippen LogP contribution in [0.15, 0.2) is 18.2 Å². The van der Waals surface area contributed by atoms with E-state index in [1.165, 1.54) is 0 Å². The zero-order valence-corrected chi connectivity index (χ0v) is 11.4. The quantitative estimate of drug-likeness (QED) is 0.908. The number of nitrogens with zero attached hydrogens (tertiary/aromatic N) is 1. The van der Waals surface area contributed by atoms with Crippen molar-refractivity contribution < 1.29 is 14.3 Å². The highest BCUT2D eigenvalue weighted by atomic mass is 16.5. The molecular formula is C14H18N2O3. The van der Waals surface area contributed by atoms with Crippen molar-refractivity contribution in [3.63, 3.8) is 0 Å². The van der Waals surface area contributed by atoms with Crippen LogP contribution in [0.1, 0.15) is 26.7 Å². The molecule has 102 valence electrons. The number of carbonyl (C=O) groups excluding carboxylic acids is 2. The number of anilines is 2. The van der Waals surface area contributed by atoms with Gasteiger partial charge in [-0.15, -0.1) is 0 Å². The second kappa shape index (κ2) is 5.30. The van der Waals surface area contributed by atoms with Crippen molar-refractivity contribution in [2.45, 2.75) is 32.8 Å². The summed E-state index contributed by atoms with van der Waals surface area (Å²) in [5.41, 5.74) is 1.41. The van der Waals surface area contributed by atoms with Crippen LogP contribution in [0.4, 0.5) is 11.4 Å². The number of rotatable bonds is 3. The van der Waals surface area contributed by atoms with E-state index in [9.17, 15) is 9.59 Å². The molecular weight excluding hydrogens is 244 g/mol. The zero-order chi connectivity index (χ0) is 14.0. The Morgan fingerprint density at radius 1 is 1.47 bits per heavy atom. The molecule has 0 spiro atoms. The van der Waals surface area contributed by atoms with Crippen LogP contribution in [-0.4, -0.2) is 25.0 Å². The van der Waals surface area contributed by atoms with E-state index >= 15 is 0 Å². The van der Waals surface area contributed by atoms with E-state index < -0.39 is 6.10 Å². The number of fused-ring (bicyclic) bond motifs is 1. The molecule has 0 bridgehead atoms. The third-order valence-electron chi connectivity index (χ3n) is 3.06. The van der Waals surface area contributed by atoms with E-state index in [4.69, 9.17) is 4.74 Å². The fourth-order valence-corrected chi connectivity index (χ4v) is 2.05. The number of ether oxygens (including phenoxy) is 1. The highest BCUT2D eigenvalue weighted by molar-refractivity contribution is 6.00. The van der Waals surface area contributed by atoms with Crippen LogP contribution < -0.4 is 15.0 Å². The van der Waals surface area contributed by atoms with E-state index in [1.54, 1.807) is 37.1 Å². The van der Waals surface area contributed by atoms with E-state index in [1.807, 2.05) is 6.92 Å². The molecule has 1 heterocycles. The summed E-state index contributed by atoms with van der Waals surface area (Å²) in [6.45, 7) is 3.67. The summed E-state index contributed by atoms with van der Waals surface area (Å²) in [7, 11) is 1.72. The minimum atomic E-state index is -0.501. The van der Waals surface area contributed by atoms with Gasteiger partial charge in [-0.3, -0.25) is 9.59 Å². The Balaban J connectivity index is 2.22. The van der Waals surface area contributed by atoms with Crippen LogP contribution in [0.5, 0.6) is 5.75 Å². The third kappa shape index (κ3) is 2.70. The van der Waals surface area contributed by atoms with Crippen molar-refractivity contribution in [3.8, 4) is 5.75 Å². The SMILES string of the molecule is CCCC(=O)Nc1ccc2c(c1)OC(C)C(=O)N2C. The maximum Gasteiger partial charge on any atom is 0.267 e. The van der Waals surface area contributed by atoms with Gasteiger partial charge in [0.1, 0.15) is 5.75 Å². The van der Waals surface area contributed by atoms with Gasteiger partial charge in [-0.1, -0.05) is 6.92 Å². The molecule has 5 heteroatoms. The lowest BCUT2D eigenvalue weighted by Crippen LogP contribution is -2.41. The molecule has 0 saturated heterocycles. The molecule has 0 saturated carbocycles. The average molecular weight is 262 g/mol. The average Bonchev–Trinajstić information content (AvgIpc) is 2.36. The summed E-state index contributed by atoms with van der Waals surface area (Å²) in [4.78, 5) is 24.9. The van der Waals surface area contributed by atoms with Crippen LogP contribution >= 0.6 is 0 Å². The molecule has 0 radical (unpaired) electrons. The molecule has 1 N–H and O–H groups in total. The van der Waals surface area contributed by atoms with Crippen LogP contribution in [0.3, 0.4) is 0 Å². The molecule has 1 atom stereocenters. The van der Waals surface area contributed by atoms with Crippen molar-refractivity contribution in [1.82, 2.24) is 0 Å². The van der Waals surface area contributed by atoms with Gasteiger partial charge >= 0.3 is 0 Å². The molecule has 1 unspecified atom stereocenters. The summed E-state index contributed by atoms with van der Waals surface area (Å²) >= 11 is 0. The summed E-state index contributed by atoms with van der Waals surface area (Å²) in [5, 5.41) is 2.81. The minimum Gasteiger partial charge on any atom is -0.479 e. The lowest BCUT2D eigenvalue weighted by atomic mass is 10.2. The first kappa shape index (κ1) is 13.4. The normalized spacial score (nSPS) is 17.7. The molecule has 0 aliphatic carbocycles. The smallest absolute Gasteiger partial charge is 0.267 e. The topological polar surface area (TPSA) is 58.6 Å². The summed E-state index contributed by atoms with van der Waals surface area (Å²) in [5.74, 6) is 0.523. The largest absolute Gasteiger partial charge is 0.479 e. The molecule has 1 aliphatic rings. The van der Waals surface area contributed by atoms with Gasteiger partial charge in [-0.25, -0.2) is 0 Å². The van der Waals surface area contributed by atoms with Gasteiger partial charge in [0.05, 0.1) is 5.69 Å². The standard InChI is InChI=1S/C14H18N2O3/c1-4-5-13(17)15-10-6-7-11-12(8-10)19-9(2)14(18)16(11)3/h6-9H,4-5H2,1-3H3,(H,15,17). The fraction of sp³-hybridized carbons (Fsp3) is 0.429. The maximum absolute atomic E-state index is 11.8. The Morgan fingerprint density at radius 2 is 2.21 bits per heavy atom. The highest BCUT2D eigenvalue weighted by Gasteiger charge is 2.28. The Kier molecular flexibility index (Phi) is 3.74. The van der Waals surface area contributed by atoms with E-state index in [-0.39, 0.29) is 11.8 Å². The van der Waals surface area contributed by atoms with Crippen LogP contribution in [0, 0.1) is 0 Å². The molecule has 19 heavy (non-hydrogen) atoms. The third-order valence-corrected chi connectivity index (χ3v) is 3.06. The number of carbonyl (C=O) groups is 2. The van der Waals surface area contributed by atoms with E-state index in [0.717, 1.165) is 12.1 Å². The van der Waals surface area contributed by atoms with Gasteiger partial charge in [0, 0.05) is 25.2 Å². The number of amides is 2. The number of benzene rings is 1. The van der Waals surface area contributed by atoms with Crippen molar-refractivity contribution in [3.05, 3.63) is 18.2 Å². The summed E-state index contributed by atoms with van der Waals surface area (Å²) in [6, 6.07) is 5.30. The molecule has 1 aliphatic heterocycles. The first-order chi connectivity index (χ1) is 9.02. The Bertz CT molecular complexity index is 513. The van der Waals surface area contributed by atoms with E-state index in [0.29, 0.717) is 17.9 Å². The van der Waals surface area contributed by atoms with Crippen molar-refractivity contribution in [1.29, 1.82) is 0 Å². The molecule has 2 amide bonds. The van der Waals surface area contributed by atoms with Crippen LogP contribution in [-0.2, 0) is 9.59 Å². The molecule has 0 aromatic heterocycles. The van der Waals surface area contributed by atoms with Gasteiger partial charge in [-0.05, 0) is 25.5 Å². The predicted molar refractivity (Wildman–Crippen MR) is 73.5 cm³/mol. The van der Waals surface area contributed by atoms with Crippen LogP contribution in [0.2, 0.25) is 0 Å². The predicted octanol–water partition coefficient (Wildman–Crippen LogP) is 2.17. The second-order valence-corrected chi connectivity index (χ2v) is 4.64. The van der Waals surface area contributed by atoms with Gasteiger partial charge in [0.25, 0.3) is 5.91 Å². The van der Waals surface area contributed by atoms with Crippen molar-refractivity contribution in [2.24, 2.45) is 0 Å². The molecule has 5 nitrogen and oxygen atoms in total. The minimum absolute atomic E-state index is 0.0178. The lowest BCUT2D eigenvalue weighted by Gasteiger charge is -2.30. The lowest BCUT2D eigenvalue weighted by molar-refractivity contribution is -0.125. The Labute approximate surface area is 112 Å². The highest BCUT2D eigenvalue weighted by Crippen LogP contribution is 2.35. The molecule has 2 rings (SSSR count). The second-order valence-electron chi connectivity index (χ2n) is 4.64. The van der Waals surface area contributed by atoms with E-state index in [2.05, 4.69) is 5.32 Å². The summed E-state index contributed by atoms with van der Waals surface area (Å²) in [6.07, 6.45) is 0.799.